The molecule has 3 rings (SSSR count). The number of carbonyl (C=O) groups is 2. The Kier molecular flexibility index (Phi) is 6.57. The molecular weight excluding hydrogens is 382 g/mol. The lowest BCUT2D eigenvalue weighted by Gasteiger charge is -2.32. The highest BCUT2D eigenvalue weighted by Crippen LogP contribution is 2.28. The van der Waals surface area contributed by atoms with Gasteiger partial charge in [-0.05, 0) is 50.3 Å². The second-order valence-electron chi connectivity index (χ2n) is 7.01. The quantitative estimate of drug-likeness (QED) is 0.787. The number of benzene rings is 1. The van der Waals surface area contributed by atoms with E-state index in [1.54, 1.807) is 43.2 Å². The molecule has 0 spiro atoms. The van der Waals surface area contributed by atoms with Gasteiger partial charge in [0.1, 0.15) is 11.5 Å². The first kappa shape index (κ1) is 20.2. The van der Waals surface area contributed by atoms with Crippen molar-refractivity contribution >= 4 is 29.1 Å². The highest BCUT2D eigenvalue weighted by Gasteiger charge is 2.26. The predicted molar refractivity (Wildman–Crippen MR) is 106 cm³/mol. The number of anilines is 1. The van der Waals surface area contributed by atoms with E-state index in [0.29, 0.717) is 53.8 Å². The van der Waals surface area contributed by atoms with E-state index in [2.05, 4.69) is 10.5 Å². The molecule has 1 fully saturated rings. The normalized spacial score (nSPS) is 16.7. The average molecular weight is 406 g/mol. The summed E-state index contributed by atoms with van der Waals surface area (Å²) in [7, 11) is 1.54. The Labute approximate surface area is 169 Å². The van der Waals surface area contributed by atoms with Crippen molar-refractivity contribution in [1.82, 2.24) is 10.1 Å². The van der Waals surface area contributed by atoms with E-state index in [-0.39, 0.29) is 17.7 Å². The number of hydrogen-bond donors (Lipinski definition) is 1. The number of carbonyl (C=O) groups excluding carboxylic acids is 2. The molecule has 28 heavy (non-hydrogen) atoms. The fourth-order valence-corrected chi connectivity index (χ4v) is 3.61. The number of nitrogens with one attached hydrogen (secondary N) is 1. The Bertz CT molecular complexity index is 852. The van der Waals surface area contributed by atoms with Gasteiger partial charge in [0.2, 0.25) is 5.91 Å². The summed E-state index contributed by atoms with van der Waals surface area (Å²) >= 11 is 6.00. The summed E-state index contributed by atoms with van der Waals surface area (Å²) in [6, 6.07) is 6.74. The Morgan fingerprint density at radius 1 is 1.39 bits per heavy atom. The number of aryl methyl sites for hydroxylation is 1. The maximum Gasteiger partial charge on any atom is 0.276 e. The fourth-order valence-electron chi connectivity index (χ4n) is 3.44. The van der Waals surface area contributed by atoms with Crippen molar-refractivity contribution in [3.05, 3.63) is 40.7 Å². The Hall–Kier alpha value is -2.54. The number of amides is 2. The zero-order chi connectivity index (χ0) is 20.1. The molecule has 150 valence electrons. The predicted octanol–water partition coefficient (Wildman–Crippen LogP) is 3.92. The molecule has 0 radical (unpaired) electrons. The lowest BCUT2D eigenvalue weighted by molar-refractivity contribution is -0.116. The van der Waals surface area contributed by atoms with E-state index < -0.39 is 0 Å². The maximum atomic E-state index is 12.5. The number of ether oxygens (including phenoxy) is 1. The first-order valence-corrected chi connectivity index (χ1v) is 9.70. The third kappa shape index (κ3) is 5.04. The van der Waals surface area contributed by atoms with Crippen LogP contribution in [0, 0.1) is 12.8 Å². The summed E-state index contributed by atoms with van der Waals surface area (Å²) in [5, 5.41) is 7.19. The van der Waals surface area contributed by atoms with Crippen LogP contribution >= 0.6 is 11.6 Å². The molecule has 1 N–H and O–H groups in total. The van der Waals surface area contributed by atoms with Crippen molar-refractivity contribution in [1.29, 1.82) is 0 Å². The zero-order valence-corrected chi connectivity index (χ0v) is 16.8. The smallest absolute Gasteiger partial charge is 0.276 e. The molecule has 8 heteroatoms. The van der Waals surface area contributed by atoms with Crippen LogP contribution in [0.15, 0.2) is 28.8 Å². The van der Waals surface area contributed by atoms with Gasteiger partial charge in [-0.1, -0.05) is 16.8 Å². The largest absolute Gasteiger partial charge is 0.495 e. The molecule has 2 heterocycles. The van der Waals surface area contributed by atoms with E-state index in [4.69, 9.17) is 20.9 Å². The molecule has 0 saturated carbocycles. The molecule has 1 aromatic carbocycles. The molecule has 0 unspecified atom stereocenters. The zero-order valence-electron chi connectivity index (χ0n) is 16.0. The number of aromatic nitrogens is 1. The van der Waals surface area contributed by atoms with Gasteiger partial charge in [0.15, 0.2) is 5.69 Å². The van der Waals surface area contributed by atoms with Gasteiger partial charge in [0, 0.05) is 30.6 Å². The van der Waals surface area contributed by atoms with Gasteiger partial charge in [-0.15, -0.1) is 0 Å². The molecule has 1 saturated heterocycles. The van der Waals surface area contributed by atoms with E-state index in [0.717, 1.165) is 12.8 Å². The van der Waals surface area contributed by atoms with E-state index in [9.17, 15) is 9.59 Å². The van der Waals surface area contributed by atoms with Crippen molar-refractivity contribution in [2.24, 2.45) is 5.92 Å². The summed E-state index contributed by atoms with van der Waals surface area (Å²) in [4.78, 5) is 26.7. The number of rotatable bonds is 6. The molecule has 7 nitrogen and oxygen atoms in total. The van der Waals surface area contributed by atoms with Crippen LogP contribution in [0.3, 0.4) is 0 Å². The van der Waals surface area contributed by atoms with Crippen molar-refractivity contribution in [2.45, 2.75) is 32.6 Å². The van der Waals surface area contributed by atoms with Crippen LogP contribution in [0.2, 0.25) is 5.02 Å². The lowest BCUT2D eigenvalue weighted by atomic mass is 9.93. The summed E-state index contributed by atoms with van der Waals surface area (Å²) in [6.07, 6.45) is 2.98. The van der Waals surface area contributed by atoms with Gasteiger partial charge in [0.25, 0.3) is 5.91 Å². The van der Waals surface area contributed by atoms with Gasteiger partial charge in [-0.3, -0.25) is 9.59 Å². The van der Waals surface area contributed by atoms with Gasteiger partial charge in [-0.25, -0.2) is 0 Å². The van der Waals surface area contributed by atoms with Crippen molar-refractivity contribution in [3.63, 3.8) is 0 Å². The van der Waals surface area contributed by atoms with Crippen LogP contribution in [-0.4, -0.2) is 42.1 Å². The third-order valence-electron chi connectivity index (χ3n) is 4.87. The van der Waals surface area contributed by atoms with Crippen molar-refractivity contribution in [2.75, 3.05) is 25.5 Å². The molecular formula is C20H24ClN3O4. The van der Waals surface area contributed by atoms with Gasteiger partial charge in [0.05, 0.1) is 12.8 Å². The van der Waals surface area contributed by atoms with Crippen LogP contribution in [0.1, 0.15) is 41.9 Å². The van der Waals surface area contributed by atoms with Crippen molar-refractivity contribution in [3.8, 4) is 5.75 Å². The summed E-state index contributed by atoms with van der Waals surface area (Å²) in [5.41, 5.74) is 0.894. The van der Waals surface area contributed by atoms with Crippen LogP contribution in [0.25, 0.3) is 0 Å². The Morgan fingerprint density at radius 2 is 2.21 bits per heavy atom. The van der Waals surface area contributed by atoms with E-state index >= 15 is 0 Å². The van der Waals surface area contributed by atoms with Crippen LogP contribution in [0.5, 0.6) is 5.75 Å². The molecule has 1 aliphatic rings. The Morgan fingerprint density at radius 3 is 2.93 bits per heavy atom. The molecule has 0 bridgehead atoms. The molecule has 1 aromatic heterocycles. The highest BCUT2D eigenvalue weighted by molar-refractivity contribution is 6.31. The summed E-state index contributed by atoms with van der Waals surface area (Å²) < 4.78 is 10.2. The highest BCUT2D eigenvalue weighted by atomic mass is 35.5. The second kappa shape index (κ2) is 9.10. The number of nitrogens with zero attached hydrogens (tertiary/aromatic N) is 2. The third-order valence-corrected chi connectivity index (χ3v) is 5.10. The second-order valence-corrected chi connectivity index (χ2v) is 7.45. The maximum absolute atomic E-state index is 12.5. The van der Waals surface area contributed by atoms with Gasteiger partial charge >= 0.3 is 0 Å². The standard InChI is InChI=1S/C20H24ClN3O4/c1-13-10-17(23-28-13)20(26)24-9-3-4-14(12-24)5-8-19(25)22-16-11-15(21)6-7-18(16)27-2/h6-7,10-11,14H,3-5,8-9,12H2,1-2H3,(H,22,25)/t14-/m1/s1. The van der Waals surface area contributed by atoms with Gasteiger partial charge in [-0.2, -0.15) is 0 Å². The van der Waals surface area contributed by atoms with Gasteiger partial charge < -0.3 is 19.5 Å². The van der Waals surface area contributed by atoms with Crippen molar-refractivity contribution < 1.29 is 18.8 Å². The molecule has 1 aliphatic heterocycles. The molecule has 2 aromatic rings. The van der Waals surface area contributed by atoms with Crippen LogP contribution in [-0.2, 0) is 4.79 Å². The number of methoxy groups -OCH3 is 1. The van der Waals surface area contributed by atoms with Crippen LogP contribution in [0.4, 0.5) is 5.69 Å². The number of piperidine rings is 1. The molecule has 2 amide bonds. The van der Waals surface area contributed by atoms with E-state index in [1.165, 1.54) is 0 Å². The topological polar surface area (TPSA) is 84.7 Å². The summed E-state index contributed by atoms with van der Waals surface area (Å²) in [6.45, 7) is 3.09. The number of hydrogen-bond acceptors (Lipinski definition) is 5. The lowest BCUT2D eigenvalue weighted by Crippen LogP contribution is -2.40. The summed E-state index contributed by atoms with van der Waals surface area (Å²) in [5.74, 6) is 1.24. The first-order valence-electron chi connectivity index (χ1n) is 9.32. The average Bonchev–Trinajstić information content (AvgIpc) is 3.12. The minimum Gasteiger partial charge on any atom is -0.495 e. The fraction of sp³-hybridized carbons (Fsp3) is 0.450. The Balaban J connectivity index is 1.52. The van der Waals surface area contributed by atoms with E-state index in [1.807, 2.05) is 0 Å². The monoisotopic (exact) mass is 405 g/mol. The molecule has 1 atom stereocenters. The number of likely N-dealkylation sites (tertiary alicyclic amines) is 1. The SMILES string of the molecule is COc1ccc(Cl)cc1NC(=O)CC[C@H]1CCCN(C(=O)c2cc(C)on2)C1. The van der Waals surface area contributed by atoms with Crippen LogP contribution < -0.4 is 10.1 Å². The minimum atomic E-state index is -0.116. The number of halogens is 1. The first-order chi connectivity index (χ1) is 13.5. The molecule has 0 aliphatic carbocycles. The minimum absolute atomic E-state index is 0.101.